The first-order valence-corrected chi connectivity index (χ1v) is 8.52. The summed E-state index contributed by atoms with van der Waals surface area (Å²) in [6.45, 7) is 6.61. The van der Waals surface area contributed by atoms with Crippen molar-refractivity contribution < 1.29 is 18.7 Å². The molecule has 0 saturated heterocycles. The summed E-state index contributed by atoms with van der Waals surface area (Å²) in [6, 6.07) is 11.1. The van der Waals surface area contributed by atoms with Gasteiger partial charge < -0.3 is 19.2 Å². The number of anilines is 1. The molecule has 0 unspecified atom stereocenters. The molecular formula is C20H20N2O4. The van der Waals surface area contributed by atoms with Gasteiger partial charge in [-0.05, 0) is 43.7 Å². The molecule has 2 heterocycles. The van der Waals surface area contributed by atoms with Crippen molar-refractivity contribution in [3.8, 4) is 11.5 Å². The van der Waals surface area contributed by atoms with Crippen molar-refractivity contribution in [2.75, 3.05) is 18.5 Å². The number of oxazole rings is 1. The van der Waals surface area contributed by atoms with Crippen molar-refractivity contribution in [1.29, 1.82) is 0 Å². The van der Waals surface area contributed by atoms with Crippen LogP contribution in [-0.4, -0.2) is 24.1 Å². The molecule has 26 heavy (non-hydrogen) atoms. The third kappa shape index (κ3) is 2.87. The highest BCUT2D eigenvalue weighted by molar-refractivity contribution is 5.99. The van der Waals surface area contributed by atoms with Crippen LogP contribution in [0, 0.1) is 6.92 Å². The van der Waals surface area contributed by atoms with Gasteiger partial charge in [-0.2, -0.15) is 0 Å². The van der Waals surface area contributed by atoms with Crippen LogP contribution in [-0.2, 0) is 10.2 Å². The number of fused-ring (bicyclic) bond motifs is 2. The smallest absolute Gasteiger partial charge is 0.234 e. The lowest BCUT2D eigenvalue weighted by Gasteiger charge is -2.26. The van der Waals surface area contributed by atoms with Crippen LogP contribution in [0.25, 0.3) is 11.1 Å². The zero-order chi connectivity index (χ0) is 18.3. The number of rotatable bonds is 3. The molecule has 0 aliphatic carbocycles. The summed E-state index contributed by atoms with van der Waals surface area (Å²) in [5.41, 5.74) is 2.20. The minimum Gasteiger partial charge on any atom is -0.486 e. The molecule has 134 valence electrons. The van der Waals surface area contributed by atoms with E-state index >= 15 is 0 Å². The van der Waals surface area contributed by atoms with E-state index < -0.39 is 5.41 Å². The maximum atomic E-state index is 12.9. The Morgan fingerprint density at radius 2 is 1.85 bits per heavy atom. The molecule has 2 aromatic carbocycles. The molecule has 6 heteroatoms. The molecule has 1 aromatic heterocycles. The van der Waals surface area contributed by atoms with Crippen LogP contribution in [0.4, 0.5) is 5.69 Å². The van der Waals surface area contributed by atoms with Crippen molar-refractivity contribution >= 4 is 22.7 Å². The fourth-order valence-electron chi connectivity index (χ4n) is 2.97. The number of amides is 1. The van der Waals surface area contributed by atoms with Crippen molar-refractivity contribution in [3.63, 3.8) is 0 Å². The van der Waals surface area contributed by atoms with Crippen LogP contribution < -0.4 is 14.8 Å². The van der Waals surface area contributed by atoms with Gasteiger partial charge in [-0.3, -0.25) is 4.79 Å². The largest absolute Gasteiger partial charge is 0.486 e. The van der Waals surface area contributed by atoms with E-state index in [0.717, 1.165) is 11.1 Å². The van der Waals surface area contributed by atoms with E-state index in [1.165, 1.54) is 0 Å². The molecule has 1 aliphatic rings. The van der Waals surface area contributed by atoms with Crippen LogP contribution in [0.3, 0.4) is 0 Å². The second kappa shape index (κ2) is 6.05. The number of aromatic nitrogens is 1. The highest BCUT2D eigenvalue weighted by Gasteiger charge is 2.31. The van der Waals surface area contributed by atoms with Gasteiger partial charge in [-0.25, -0.2) is 4.98 Å². The van der Waals surface area contributed by atoms with Gasteiger partial charge in [0.2, 0.25) is 5.91 Å². The number of ether oxygens (including phenoxy) is 2. The van der Waals surface area contributed by atoms with Gasteiger partial charge in [0, 0.05) is 18.7 Å². The lowest BCUT2D eigenvalue weighted by molar-refractivity contribution is -0.120. The van der Waals surface area contributed by atoms with Gasteiger partial charge >= 0.3 is 0 Å². The number of hydrogen-bond donors (Lipinski definition) is 1. The zero-order valence-corrected chi connectivity index (χ0v) is 15.0. The summed E-state index contributed by atoms with van der Waals surface area (Å²) < 4.78 is 16.7. The SMILES string of the molecule is Cc1nc2ccc(NC(=O)C(C)(C)c3ccc4c(c3)OCCO4)cc2o1. The Bertz CT molecular complexity index is 991. The highest BCUT2D eigenvalue weighted by atomic mass is 16.6. The van der Waals surface area contributed by atoms with Crippen molar-refractivity contribution in [1.82, 2.24) is 4.98 Å². The first-order valence-electron chi connectivity index (χ1n) is 8.52. The number of carbonyl (C=O) groups excluding carboxylic acids is 1. The quantitative estimate of drug-likeness (QED) is 0.776. The van der Waals surface area contributed by atoms with Crippen LogP contribution >= 0.6 is 0 Å². The Morgan fingerprint density at radius 3 is 2.65 bits per heavy atom. The van der Waals surface area contributed by atoms with Gasteiger partial charge in [0.05, 0.1) is 5.41 Å². The number of benzene rings is 2. The summed E-state index contributed by atoms with van der Waals surface area (Å²) in [5, 5.41) is 2.96. The summed E-state index contributed by atoms with van der Waals surface area (Å²) in [5.74, 6) is 1.86. The van der Waals surface area contributed by atoms with Gasteiger partial charge in [0.15, 0.2) is 23.0 Å². The maximum absolute atomic E-state index is 12.9. The molecule has 0 spiro atoms. The van der Waals surface area contributed by atoms with Gasteiger partial charge in [-0.15, -0.1) is 0 Å². The molecule has 0 atom stereocenters. The first-order chi connectivity index (χ1) is 12.4. The Morgan fingerprint density at radius 1 is 1.08 bits per heavy atom. The van der Waals surface area contributed by atoms with Crippen LogP contribution in [0.5, 0.6) is 11.5 Å². The maximum Gasteiger partial charge on any atom is 0.234 e. The molecule has 1 N–H and O–H groups in total. The third-order valence-corrected chi connectivity index (χ3v) is 4.58. The second-order valence-electron chi connectivity index (χ2n) is 6.85. The standard InChI is InChI=1S/C20H20N2O4/c1-12-21-15-6-5-14(11-17(15)26-12)22-19(23)20(2,3)13-4-7-16-18(10-13)25-9-8-24-16/h4-7,10-11H,8-9H2,1-3H3,(H,22,23). The number of nitrogens with one attached hydrogen (secondary N) is 1. The predicted octanol–water partition coefficient (Wildman–Crippen LogP) is 3.82. The van der Waals surface area contributed by atoms with Gasteiger partial charge in [0.25, 0.3) is 0 Å². The molecule has 0 bridgehead atoms. The molecule has 1 amide bonds. The second-order valence-corrected chi connectivity index (χ2v) is 6.85. The van der Waals surface area contributed by atoms with E-state index in [4.69, 9.17) is 13.9 Å². The van der Waals surface area contributed by atoms with E-state index in [9.17, 15) is 4.79 Å². The molecular weight excluding hydrogens is 332 g/mol. The van der Waals surface area contributed by atoms with E-state index in [1.54, 1.807) is 13.0 Å². The fourth-order valence-corrected chi connectivity index (χ4v) is 2.97. The molecule has 0 fully saturated rings. The van der Waals surface area contributed by atoms with Crippen LogP contribution in [0.1, 0.15) is 25.3 Å². The van der Waals surface area contributed by atoms with E-state index in [2.05, 4.69) is 10.3 Å². The molecule has 1 aliphatic heterocycles. The van der Waals surface area contributed by atoms with Crippen molar-refractivity contribution in [2.24, 2.45) is 0 Å². The van der Waals surface area contributed by atoms with E-state index in [1.807, 2.05) is 44.2 Å². The monoisotopic (exact) mass is 352 g/mol. The normalized spacial score (nSPS) is 13.7. The van der Waals surface area contributed by atoms with Crippen LogP contribution in [0.15, 0.2) is 40.8 Å². The predicted molar refractivity (Wildman–Crippen MR) is 97.8 cm³/mol. The number of hydrogen-bond acceptors (Lipinski definition) is 5. The lowest BCUT2D eigenvalue weighted by Crippen LogP contribution is -2.34. The Balaban J connectivity index is 1.59. The summed E-state index contributed by atoms with van der Waals surface area (Å²) in [7, 11) is 0. The molecule has 3 aromatic rings. The Hall–Kier alpha value is -3.02. The van der Waals surface area contributed by atoms with E-state index in [0.29, 0.717) is 41.9 Å². The lowest BCUT2D eigenvalue weighted by atomic mass is 9.83. The van der Waals surface area contributed by atoms with Gasteiger partial charge in [0.1, 0.15) is 18.7 Å². The minimum atomic E-state index is -0.748. The van der Waals surface area contributed by atoms with E-state index in [-0.39, 0.29) is 5.91 Å². The summed E-state index contributed by atoms with van der Waals surface area (Å²) in [6.07, 6.45) is 0. The Kier molecular flexibility index (Phi) is 3.83. The number of nitrogens with zero attached hydrogens (tertiary/aromatic N) is 1. The average molecular weight is 352 g/mol. The minimum absolute atomic E-state index is 0.121. The summed E-state index contributed by atoms with van der Waals surface area (Å²) >= 11 is 0. The Labute approximate surface area is 151 Å². The van der Waals surface area contributed by atoms with Crippen molar-refractivity contribution in [3.05, 3.63) is 47.9 Å². The number of carbonyl (C=O) groups is 1. The average Bonchev–Trinajstić information content (AvgIpc) is 3.00. The summed E-state index contributed by atoms with van der Waals surface area (Å²) in [4.78, 5) is 17.2. The topological polar surface area (TPSA) is 73.6 Å². The fraction of sp³-hybridized carbons (Fsp3) is 0.300. The molecule has 6 nitrogen and oxygen atoms in total. The highest BCUT2D eigenvalue weighted by Crippen LogP contribution is 2.35. The molecule has 4 rings (SSSR count). The van der Waals surface area contributed by atoms with Crippen molar-refractivity contribution in [2.45, 2.75) is 26.2 Å². The number of aryl methyl sites for hydroxylation is 1. The first kappa shape index (κ1) is 16.4. The third-order valence-electron chi connectivity index (χ3n) is 4.58. The molecule has 0 saturated carbocycles. The van der Waals surface area contributed by atoms with Gasteiger partial charge in [-0.1, -0.05) is 6.07 Å². The van der Waals surface area contributed by atoms with Crippen LogP contribution in [0.2, 0.25) is 0 Å². The zero-order valence-electron chi connectivity index (χ0n) is 15.0. The molecule has 0 radical (unpaired) electrons.